The quantitative estimate of drug-likeness (QED) is 0.683. The minimum absolute atomic E-state index is 0.00575. The summed E-state index contributed by atoms with van der Waals surface area (Å²) in [4.78, 5) is 12.3. The van der Waals surface area contributed by atoms with Crippen molar-refractivity contribution in [1.29, 1.82) is 0 Å². The van der Waals surface area contributed by atoms with Crippen LogP contribution in [0.5, 0.6) is 0 Å². The maximum atomic E-state index is 15.2. The van der Waals surface area contributed by atoms with Gasteiger partial charge in [0.05, 0.1) is 12.6 Å². The molecule has 2 atom stereocenters. The minimum Gasteiger partial charge on any atom is -0.469 e. The summed E-state index contributed by atoms with van der Waals surface area (Å²) in [5.74, 6) is 0. The lowest BCUT2D eigenvalue weighted by Gasteiger charge is -2.35. The number of alkyl halides is 1. The number of halogens is 1. The molecule has 0 amide bonds. The third kappa shape index (κ3) is 2.76. The van der Waals surface area contributed by atoms with Gasteiger partial charge in [-0.3, -0.25) is 0 Å². The van der Waals surface area contributed by atoms with E-state index in [4.69, 9.17) is 10.5 Å². The van der Waals surface area contributed by atoms with Crippen LogP contribution in [-0.2, 0) is 11.2 Å². The average Bonchev–Trinajstić information content (AvgIpc) is 2.59. The highest BCUT2D eigenvalue weighted by Gasteiger charge is 2.41. The molecule has 1 unspecified atom stereocenters. The molecule has 5 nitrogen and oxygen atoms in total. The molecular weight excluding hydrogens is 295 g/mol. The second kappa shape index (κ2) is 5.95. The lowest BCUT2D eigenvalue weighted by atomic mass is 9.76. The van der Waals surface area contributed by atoms with Crippen molar-refractivity contribution >= 4 is 6.02 Å². The molecule has 6 heteroatoms. The van der Waals surface area contributed by atoms with Crippen LogP contribution in [0.1, 0.15) is 30.6 Å². The lowest BCUT2D eigenvalue weighted by Crippen LogP contribution is -2.36. The molecule has 0 fully saturated rings. The van der Waals surface area contributed by atoms with E-state index in [1.54, 1.807) is 19.3 Å². The monoisotopic (exact) mass is 314 g/mol. The van der Waals surface area contributed by atoms with E-state index in [0.29, 0.717) is 18.4 Å². The van der Waals surface area contributed by atoms with Crippen LogP contribution >= 0.6 is 0 Å². The first-order valence-electron chi connectivity index (χ1n) is 7.46. The van der Waals surface area contributed by atoms with E-state index < -0.39 is 11.7 Å². The van der Waals surface area contributed by atoms with Gasteiger partial charge >= 0.3 is 0 Å². The van der Waals surface area contributed by atoms with E-state index in [9.17, 15) is 0 Å². The van der Waals surface area contributed by atoms with Crippen LogP contribution in [-0.4, -0.2) is 28.6 Å². The van der Waals surface area contributed by atoms with E-state index in [2.05, 4.69) is 15.0 Å². The Morgan fingerprint density at radius 1 is 1.39 bits per heavy atom. The van der Waals surface area contributed by atoms with Gasteiger partial charge in [0, 0.05) is 18.0 Å². The largest absolute Gasteiger partial charge is 0.469 e. The van der Waals surface area contributed by atoms with Crippen molar-refractivity contribution in [2.75, 3.05) is 7.11 Å². The number of fused-ring (bicyclic) bond motifs is 1. The number of benzene rings is 1. The summed E-state index contributed by atoms with van der Waals surface area (Å²) < 4.78 is 20.1. The number of rotatable bonds is 2. The van der Waals surface area contributed by atoms with Gasteiger partial charge in [0.2, 0.25) is 0 Å². The molecule has 0 radical (unpaired) electrons. The summed E-state index contributed by atoms with van der Waals surface area (Å²) in [6.45, 7) is 1.77. The molecule has 0 bridgehead atoms. The Kier molecular flexibility index (Phi) is 3.98. The highest BCUT2D eigenvalue weighted by atomic mass is 19.1. The van der Waals surface area contributed by atoms with E-state index in [-0.39, 0.29) is 6.02 Å². The van der Waals surface area contributed by atoms with Gasteiger partial charge in [-0.2, -0.15) is 0 Å². The summed E-state index contributed by atoms with van der Waals surface area (Å²) in [5.41, 5.74) is 8.21. The molecule has 1 aromatic heterocycles. The van der Waals surface area contributed by atoms with Crippen LogP contribution in [0, 0.1) is 0 Å². The van der Waals surface area contributed by atoms with Crippen LogP contribution in [0.4, 0.5) is 4.39 Å². The van der Waals surface area contributed by atoms with E-state index in [1.165, 1.54) is 13.4 Å². The second-order valence-electron chi connectivity index (χ2n) is 5.87. The molecule has 1 aliphatic rings. The number of nitrogens with zero attached hydrogens (tertiary/aromatic N) is 3. The molecule has 23 heavy (non-hydrogen) atoms. The third-order valence-corrected chi connectivity index (χ3v) is 4.36. The smallest absolute Gasteiger partial charge is 0.282 e. The average molecular weight is 314 g/mol. The number of hydrogen-bond acceptors (Lipinski definition) is 4. The highest BCUT2D eigenvalue weighted by molar-refractivity contribution is 5.72. The van der Waals surface area contributed by atoms with Crippen molar-refractivity contribution in [2.24, 2.45) is 10.7 Å². The first-order chi connectivity index (χ1) is 11.0. The number of amidine groups is 1. The number of nitrogens with two attached hydrogens (primary N) is 1. The zero-order valence-electron chi connectivity index (χ0n) is 13.2. The van der Waals surface area contributed by atoms with Gasteiger partial charge in [0.25, 0.3) is 6.02 Å². The fourth-order valence-electron chi connectivity index (χ4n) is 3.08. The summed E-state index contributed by atoms with van der Waals surface area (Å²) in [6, 6.07) is 5.64. The number of aliphatic imine (C=N–C) groups is 1. The predicted molar refractivity (Wildman–Crippen MR) is 86.7 cm³/mol. The van der Waals surface area contributed by atoms with Crippen LogP contribution < -0.4 is 5.73 Å². The number of methoxy groups -OCH3 is 1. The molecule has 0 spiro atoms. The van der Waals surface area contributed by atoms with Gasteiger partial charge in [-0.15, -0.1) is 0 Å². The Morgan fingerprint density at radius 3 is 2.83 bits per heavy atom. The standard InChI is InChI=1S/C17H19FN4O/c1-17(22-16(19)23-2)7-6-13-12(11-8-20-10-21-9-11)4-3-5-14(13)15(17)18/h3-5,8-10,15H,6-7H2,1-2H3,(H2,19,22)/t15?,17-/m0/s1. The molecule has 1 heterocycles. The maximum Gasteiger partial charge on any atom is 0.282 e. The van der Waals surface area contributed by atoms with Gasteiger partial charge < -0.3 is 10.5 Å². The first-order valence-corrected chi connectivity index (χ1v) is 7.46. The number of hydrogen-bond donors (Lipinski definition) is 1. The van der Waals surface area contributed by atoms with Crippen LogP contribution in [0.25, 0.3) is 11.1 Å². The van der Waals surface area contributed by atoms with Crippen molar-refractivity contribution in [3.63, 3.8) is 0 Å². The molecule has 0 aliphatic heterocycles. The van der Waals surface area contributed by atoms with Gasteiger partial charge in [-0.05, 0) is 36.5 Å². The van der Waals surface area contributed by atoms with Crippen LogP contribution in [0.15, 0.2) is 41.9 Å². The van der Waals surface area contributed by atoms with Gasteiger partial charge in [0.15, 0.2) is 6.17 Å². The molecule has 0 saturated carbocycles. The zero-order chi connectivity index (χ0) is 16.4. The number of ether oxygens (including phenoxy) is 1. The summed E-state index contributed by atoms with van der Waals surface area (Å²) >= 11 is 0. The summed E-state index contributed by atoms with van der Waals surface area (Å²) in [7, 11) is 1.43. The maximum absolute atomic E-state index is 15.2. The topological polar surface area (TPSA) is 73.4 Å². The van der Waals surface area contributed by atoms with Gasteiger partial charge in [-0.25, -0.2) is 19.4 Å². The minimum atomic E-state index is -1.25. The number of aromatic nitrogens is 2. The Hall–Kier alpha value is -2.50. The normalized spacial score (nSPS) is 24.1. The Morgan fingerprint density at radius 2 is 2.13 bits per heavy atom. The summed E-state index contributed by atoms with van der Waals surface area (Å²) in [5, 5.41) is 0. The molecule has 2 N–H and O–H groups in total. The predicted octanol–water partition coefficient (Wildman–Crippen LogP) is 2.82. The Bertz CT molecular complexity index is 735. The molecule has 1 aromatic carbocycles. The zero-order valence-corrected chi connectivity index (χ0v) is 13.2. The van der Waals surface area contributed by atoms with Gasteiger partial charge in [-0.1, -0.05) is 18.2 Å². The van der Waals surface area contributed by atoms with Crippen LogP contribution in [0.2, 0.25) is 0 Å². The van der Waals surface area contributed by atoms with Crippen molar-refractivity contribution in [3.8, 4) is 11.1 Å². The molecule has 0 saturated heterocycles. The fraction of sp³-hybridized carbons (Fsp3) is 0.353. The van der Waals surface area contributed by atoms with E-state index >= 15 is 4.39 Å². The van der Waals surface area contributed by atoms with Gasteiger partial charge in [0.1, 0.15) is 6.33 Å². The van der Waals surface area contributed by atoms with Crippen molar-refractivity contribution in [2.45, 2.75) is 31.5 Å². The second-order valence-corrected chi connectivity index (χ2v) is 5.87. The molecule has 2 aromatic rings. The van der Waals surface area contributed by atoms with Crippen molar-refractivity contribution in [1.82, 2.24) is 9.97 Å². The molecule has 120 valence electrons. The van der Waals surface area contributed by atoms with Crippen molar-refractivity contribution in [3.05, 3.63) is 48.0 Å². The fourth-order valence-corrected chi connectivity index (χ4v) is 3.08. The SMILES string of the molecule is COC(N)=N[C@@]1(C)CCc2c(-c3cncnc3)cccc2C1F. The molecule has 1 aliphatic carbocycles. The molecule has 3 rings (SSSR count). The molecular formula is C17H19FN4O. The Balaban J connectivity index is 2.05. The lowest BCUT2D eigenvalue weighted by molar-refractivity contribution is 0.181. The Labute approximate surface area is 134 Å². The third-order valence-electron chi connectivity index (χ3n) is 4.36. The summed E-state index contributed by atoms with van der Waals surface area (Å²) in [6.07, 6.45) is 4.98. The van der Waals surface area contributed by atoms with E-state index in [0.717, 1.165) is 16.7 Å². The highest BCUT2D eigenvalue weighted by Crippen LogP contribution is 2.45. The first kappa shape index (κ1) is 15.4. The van der Waals surface area contributed by atoms with E-state index in [1.807, 2.05) is 18.2 Å². The van der Waals surface area contributed by atoms with Crippen molar-refractivity contribution < 1.29 is 9.13 Å². The van der Waals surface area contributed by atoms with Crippen LogP contribution in [0.3, 0.4) is 0 Å².